The van der Waals surface area contributed by atoms with Gasteiger partial charge < -0.3 is 27.4 Å². The van der Waals surface area contributed by atoms with E-state index in [0.717, 1.165) is 49.9 Å². The van der Waals surface area contributed by atoms with E-state index >= 15 is 0 Å². The highest BCUT2D eigenvalue weighted by Gasteiger charge is 2.22. The Bertz CT molecular complexity index is 6620. The van der Waals surface area contributed by atoms with Crippen LogP contribution >= 0.6 is 0 Å². The van der Waals surface area contributed by atoms with Crippen LogP contribution in [0.15, 0.2) is 419 Å². The molecule has 9 nitrogen and oxygen atoms in total. The number of hydrogen-bond acceptors (Lipinski definition) is 3. The van der Waals surface area contributed by atoms with Crippen molar-refractivity contribution in [3.8, 4) is 67.5 Å². The summed E-state index contributed by atoms with van der Waals surface area (Å²) in [5.41, 5.74) is 29.4. The van der Waals surface area contributed by atoms with Crippen LogP contribution in [0.3, 0.4) is 0 Å². The Morgan fingerprint density at radius 3 is 0.754 bits per heavy atom. The fraction of sp³-hybridized carbons (Fsp3) is 0. The molecule has 15 aromatic carbocycles. The Morgan fingerprint density at radius 2 is 0.395 bits per heavy atom. The number of pyridine rings is 3. The average Bonchev–Trinajstić information content (AvgIpc) is 1.60. The van der Waals surface area contributed by atoms with Crippen LogP contribution in [-0.4, -0.2) is 42.4 Å². The van der Waals surface area contributed by atoms with Gasteiger partial charge in [0.2, 0.25) is 0 Å². The van der Waals surface area contributed by atoms with E-state index in [4.69, 9.17) is 4.98 Å². The SMILES string of the molecule is c1ccc(-n2c3ccccc3c3cc(-c4ccc5c(c4)c4ccncc4n5-c4ccccc4)ccc32)cc1.c1ccc(-n2c3ccccc3c3cc(-c4ccc5c(c4)c4cnccc4n5-c4ccccc4)ccc32)cc1.c1ccc(-n2c3ccccc3c3cc(-c4ccc5c(c4)c4ncccc4n5-c4ccccc4)ccc32)cc1. The molecule has 0 unspecified atom stereocenters. The Labute approximate surface area is 655 Å². The molecule has 24 aromatic rings. The first-order valence-electron chi connectivity index (χ1n) is 38.7. The molecule has 0 amide bonds. The third kappa shape index (κ3) is 10.9. The van der Waals surface area contributed by atoms with Gasteiger partial charge in [-0.3, -0.25) is 15.0 Å². The van der Waals surface area contributed by atoms with Crippen molar-refractivity contribution in [1.82, 2.24) is 42.4 Å². The summed E-state index contributed by atoms with van der Waals surface area (Å²) in [6.45, 7) is 0. The largest absolute Gasteiger partial charge is 0.309 e. The quantitative estimate of drug-likeness (QED) is 0.145. The number of fused-ring (bicyclic) bond motifs is 18. The zero-order chi connectivity index (χ0) is 75.2. The molecule has 9 aromatic heterocycles. The number of rotatable bonds is 9. The highest BCUT2D eigenvalue weighted by Crippen LogP contribution is 2.43. The molecule has 114 heavy (non-hydrogen) atoms. The average molecular weight is 1460 g/mol. The molecule has 0 radical (unpaired) electrons. The van der Waals surface area contributed by atoms with Gasteiger partial charge in [0.05, 0.1) is 77.9 Å². The second-order valence-electron chi connectivity index (χ2n) is 29.1. The van der Waals surface area contributed by atoms with E-state index in [1.54, 1.807) is 0 Å². The van der Waals surface area contributed by atoms with E-state index in [-0.39, 0.29) is 0 Å². The van der Waals surface area contributed by atoms with Gasteiger partial charge in [0.25, 0.3) is 0 Å². The van der Waals surface area contributed by atoms with Crippen molar-refractivity contribution in [3.05, 3.63) is 419 Å². The molecule has 9 heterocycles. The fourth-order valence-corrected chi connectivity index (χ4v) is 17.7. The van der Waals surface area contributed by atoms with Gasteiger partial charge in [-0.1, -0.05) is 200 Å². The molecule has 24 rings (SSSR count). The lowest BCUT2D eigenvalue weighted by atomic mass is 10.0. The van der Waals surface area contributed by atoms with Gasteiger partial charge in [0.1, 0.15) is 0 Å². The molecule has 0 aliphatic rings. The minimum atomic E-state index is 1.02. The van der Waals surface area contributed by atoms with Gasteiger partial charge in [0, 0.05) is 118 Å². The molecule has 0 aliphatic heterocycles. The lowest BCUT2D eigenvalue weighted by Crippen LogP contribution is -1.93. The van der Waals surface area contributed by atoms with Crippen LogP contribution in [0, 0.1) is 0 Å². The molecule has 0 spiro atoms. The first-order valence-corrected chi connectivity index (χ1v) is 38.7. The molecule has 0 saturated carbocycles. The fourth-order valence-electron chi connectivity index (χ4n) is 17.7. The Hall–Kier alpha value is -15.5. The summed E-state index contributed by atoms with van der Waals surface area (Å²) in [7, 11) is 0. The van der Waals surface area contributed by atoms with Gasteiger partial charge in [-0.15, -0.1) is 0 Å². The second kappa shape index (κ2) is 27.3. The van der Waals surface area contributed by atoms with E-state index in [1.807, 2.05) is 37.1 Å². The van der Waals surface area contributed by atoms with E-state index in [0.29, 0.717) is 0 Å². The van der Waals surface area contributed by atoms with E-state index in [2.05, 4.69) is 420 Å². The van der Waals surface area contributed by atoms with E-state index in [9.17, 15) is 0 Å². The number of para-hydroxylation sites is 9. The zero-order valence-electron chi connectivity index (χ0n) is 61.9. The molecule has 0 aliphatic carbocycles. The summed E-state index contributed by atoms with van der Waals surface area (Å²) in [5, 5.41) is 13.5. The van der Waals surface area contributed by atoms with Crippen molar-refractivity contribution in [1.29, 1.82) is 0 Å². The normalized spacial score (nSPS) is 11.7. The predicted molar refractivity (Wildman–Crippen MR) is 475 cm³/mol. The highest BCUT2D eigenvalue weighted by atomic mass is 15.0. The van der Waals surface area contributed by atoms with Gasteiger partial charge in [-0.05, 0) is 221 Å². The predicted octanol–water partition coefficient (Wildman–Crippen LogP) is 26.8. The topological polar surface area (TPSA) is 68.2 Å². The van der Waals surface area contributed by atoms with Gasteiger partial charge >= 0.3 is 0 Å². The minimum absolute atomic E-state index is 1.02. The van der Waals surface area contributed by atoms with Gasteiger partial charge in [-0.25, -0.2) is 0 Å². The monoisotopic (exact) mass is 1460 g/mol. The number of hydrogen-bond donors (Lipinski definition) is 0. The van der Waals surface area contributed by atoms with Crippen molar-refractivity contribution < 1.29 is 0 Å². The zero-order valence-corrected chi connectivity index (χ0v) is 61.9. The van der Waals surface area contributed by atoms with Crippen LogP contribution in [0.1, 0.15) is 0 Å². The summed E-state index contributed by atoms with van der Waals surface area (Å²) in [6, 6.07) is 139. The van der Waals surface area contributed by atoms with E-state index < -0.39 is 0 Å². The first kappa shape index (κ1) is 65.6. The van der Waals surface area contributed by atoms with Crippen LogP contribution in [0.2, 0.25) is 0 Å². The Balaban J connectivity index is 0.000000104. The lowest BCUT2D eigenvalue weighted by Gasteiger charge is -2.09. The van der Waals surface area contributed by atoms with Crippen molar-refractivity contribution in [2.45, 2.75) is 0 Å². The molecule has 0 fully saturated rings. The van der Waals surface area contributed by atoms with Gasteiger partial charge in [0.15, 0.2) is 0 Å². The van der Waals surface area contributed by atoms with E-state index in [1.165, 1.54) is 149 Å². The third-order valence-electron chi connectivity index (χ3n) is 22.8. The van der Waals surface area contributed by atoms with Crippen LogP contribution in [0.25, 0.3) is 198 Å². The molecule has 534 valence electrons. The minimum Gasteiger partial charge on any atom is -0.309 e. The summed E-state index contributed by atoms with van der Waals surface area (Å²) < 4.78 is 14.0. The smallest absolute Gasteiger partial charge is 0.0963 e. The Morgan fingerprint density at radius 1 is 0.149 bits per heavy atom. The van der Waals surface area contributed by atoms with Crippen LogP contribution in [0.5, 0.6) is 0 Å². The standard InChI is InChI=1S/3C35H23N3/c1-3-10-26(11-4-1)37-31-15-8-7-14-28(31)29-22-24(17-19-32(29)37)25-18-20-33-30(23-25)35-34(16-9-21-36-35)38(33)27-12-5-2-6-13-27;1-3-9-26(10-4-1)37-32-14-8-7-13-28(32)29-21-24(15-17-33(29)37)25-16-18-34-30(22-25)31-23-36-20-19-35(31)38(34)27-11-5-2-6-12-27;1-3-9-26(10-4-1)37-32-14-8-7-13-28(32)30-21-24(15-17-33(30)37)25-16-18-34-31(22-25)29-19-20-36-23-35(29)38(34)27-11-5-2-6-12-27/h3*1-23H. The Kier molecular flexibility index (Phi) is 15.7. The summed E-state index contributed by atoms with van der Waals surface area (Å²) in [4.78, 5) is 13.7. The number of nitrogens with zero attached hydrogens (tertiary/aromatic N) is 9. The summed E-state index contributed by atoms with van der Waals surface area (Å²) in [6.07, 6.45) is 9.59. The lowest BCUT2D eigenvalue weighted by molar-refractivity contribution is 1.17. The summed E-state index contributed by atoms with van der Waals surface area (Å²) >= 11 is 0. The second-order valence-corrected chi connectivity index (χ2v) is 29.1. The molecule has 0 N–H and O–H groups in total. The molecule has 9 heteroatoms. The van der Waals surface area contributed by atoms with Gasteiger partial charge in [-0.2, -0.15) is 0 Å². The van der Waals surface area contributed by atoms with Crippen LogP contribution in [0.4, 0.5) is 0 Å². The first-order chi connectivity index (χ1) is 56.6. The maximum absolute atomic E-state index is 4.79. The van der Waals surface area contributed by atoms with Crippen LogP contribution < -0.4 is 0 Å². The highest BCUT2D eigenvalue weighted by molar-refractivity contribution is 6.16. The maximum atomic E-state index is 4.79. The molecule has 0 saturated heterocycles. The van der Waals surface area contributed by atoms with Crippen molar-refractivity contribution in [2.75, 3.05) is 0 Å². The van der Waals surface area contributed by atoms with Crippen molar-refractivity contribution >= 4 is 131 Å². The molecular weight excluding hydrogens is 1390 g/mol. The molecule has 0 bridgehead atoms. The molecule has 0 atom stereocenters. The number of aromatic nitrogens is 9. The third-order valence-corrected chi connectivity index (χ3v) is 22.8. The number of benzene rings is 15. The van der Waals surface area contributed by atoms with Crippen molar-refractivity contribution in [3.63, 3.8) is 0 Å². The van der Waals surface area contributed by atoms with Crippen LogP contribution in [-0.2, 0) is 0 Å². The summed E-state index contributed by atoms with van der Waals surface area (Å²) in [5.74, 6) is 0. The van der Waals surface area contributed by atoms with Crippen molar-refractivity contribution in [2.24, 2.45) is 0 Å². The maximum Gasteiger partial charge on any atom is 0.0963 e. The molecular formula is C105H69N9.